The van der Waals surface area contributed by atoms with Crippen molar-refractivity contribution < 1.29 is 4.92 Å². The highest BCUT2D eigenvalue weighted by atomic mass is 16.6. The standard InChI is InChI=1S/C4H8N4O2/c1-4(2,8(9)10)3-6-7-5/h3H2,1-2H3. The first-order valence-electron chi connectivity index (χ1n) is 2.66. The molecule has 0 unspecified atom stereocenters. The average Bonchev–Trinajstić information content (AvgIpc) is 1.84. The third-order valence-corrected chi connectivity index (χ3v) is 1.02. The Morgan fingerprint density at radius 1 is 1.80 bits per heavy atom. The molecule has 0 saturated carbocycles. The summed E-state index contributed by atoms with van der Waals surface area (Å²) in [4.78, 5) is 12.1. The van der Waals surface area contributed by atoms with Gasteiger partial charge >= 0.3 is 0 Å². The molecule has 0 heterocycles. The molecule has 6 nitrogen and oxygen atoms in total. The molecule has 0 N–H and O–H groups in total. The molecule has 0 bridgehead atoms. The number of rotatable bonds is 3. The summed E-state index contributed by atoms with van der Waals surface area (Å²) in [5.74, 6) is 0. The molecule has 0 aliphatic carbocycles. The predicted molar refractivity (Wildman–Crippen MR) is 35.1 cm³/mol. The van der Waals surface area contributed by atoms with Gasteiger partial charge in [-0.05, 0) is 5.53 Å². The van der Waals surface area contributed by atoms with Gasteiger partial charge in [0.2, 0.25) is 5.54 Å². The Labute approximate surface area is 57.6 Å². The first-order chi connectivity index (χ1) is 4.50. The summed E-state index contributed by atoms with van der Waals surface area (Å²) < 4.78 is 0. The van der Waals surface area contributed by atoms with E-state index >= 15 is 0 Å². The number of hydrogen-bond acceptors (Lipinski definition) is 3. The van der Waals surface area contributed by atoms with Gasteiger partial charge in [-0.2, -0.15) is 0 Å². The Balaban J connectivity index is 4.12. The van der Waals surface area contributed by atoms with Crippen LogP contribution in [0.2, 0.25) is 0 Å². The van der Waals surface area contributed by atoms with Crippen LogP contribution in [-0.2, 0) is 0 Å². The summed E-state index contributed by atoms with van der Waals surface area (Å²) in [5, 5.41) is 13.3. The van der Waals surface area contributed by atoms with E-state index in [4.69, 9.17) is 5.53 Å². The molecule has 0 aromatic heterocycles. The molecule has 0 aromatic carbocycles. The number of hydrogen-bond donors (Lipinski definition) is 0. The van der Waals surface area contributed by atoms with Crippen LogP contribution in [0.25, 0.3) is 10.4 Å². The Bertz CT molecular complexity index is 182. The maximum absolute atomic E-state index is 10.1. The van der Waals surface area contributed by atoms with Gasteiger partial charge in [0, 0.05) is 23.7 Å². The van der Waals surface area contributed by atoms with Crippen LogP contribution in [0, 0.1) is 10.1 Å². The van der Waals surface area contributed by atoms with Crippen LogP contribution < -0.4 is 0 Å². The van der Waals surface area contributed by atoms with Crippen molar-refractivity contribution in [2.24, 2.45) is 5.11 Å². The van der Waals surface area contributed by atoms with Crippen molar-refractivity contribution in [2.75, 3.05) is 6.54 Å². The van der Waals surface area contributed by atoms with Crippen molar-refractivity contribution in [3.63, 3.8) is 0 Å². The minimum Gasteiger partial charge on any atom is -0.264 e. The summed E-state index contributed by atoms with van der Waals surface area (Å²) in [6.45, 7) is 2.69. The van der Waals surface area contributed by atoms with Gasteiger partial charge in [-0.1, -0.05) is 5.11 Å². The molecule has 0 amide bonds. The first kappa shape index (κ1) is 8.71. The number of nitrogens with zero attached hydrogens (tertiary/aromatic N) is 4. The maximum Gasteiger partial charge on any atom is 0.222 e. The summed E-state index contributed by atoms with van der Waals surface area (Å²) >= 11 is 0. The van der Waals surface area contributed by atoms with Crippen LogP contribution in [0.4, 0.5) is 0 Å². The fraction of sp³-hybridized carbons (Fsp3) is 1.00. The smallest absolute Gasteiger partial charge is 0.222 e. The van der Waals surface area contributed by atoms with Crippen LogP contribution >= 0.6 is 0 Å². The number of nitro groups is 1. The van der Waals surface area contributed by atoms with Crippen LogP contribution in [-0.4, -0.2) is 17.0 Å². The van der Waals surface area contributed by atoms with Crippen molar-refractivity contribution in [2.45, 2.75) is 19.4 Å². The first-order valence-corrected chi connectivity index (χ1v) is 2.66. The molecular weight excluding hydrogens is 136 g/mol. The lowest BCUT2D eigenvalue weighted by Crippen LogP contribution is -2.33. The summed E-state index contributed by atoms with van der Waals surface area (Å²) in [5.41, 5.74) is 6.70. The Morgan fingerprint density at radius 2 is 2.30 bits per heavy atom. The summed E-state index contributed by atoms with van der Waals surface area (Å²) in [7, 11) is 0. The largest absolute Gasteiger partial charge is 0.264 e. The molecule has 10 heavy (non-hydrogen) atoms. The van der Waals surface area contributed by atoms with Crippen molar-refractivity contribution in [3.8, 4) is 0 Å². The minimum absolute atomic E-state index is 0.115. The highest BCUT2D eigenvalue weighted by Gasteiger charge is 2.29. The maximum atomic E-state index is 10.1. The zero-order valence-electron chi connectivity index (χ0n) is 5.81. The van der Waals surface area contributed by atoms with Crippen molar-refractivity contribution in [3.05, 3.63) is 20.6 Å². The molecular formula is C4H8N4O2. The van der Waals surface area contributed by atoms with E-state index in [0.29, 0.717) is 0 Å². The van der Waals surface area contributed by atoms with Crippen molar-refractivity contribution in [1.29, 1.82) is 0 Å². The van der Waals surface area contributed by atoms with Crippen molar-refractivity contribution >= 4 is 0 Å². The van der Waals surface area contributed by atoms with E-state index in [2.05, 4.69) is 10.0 Å². The summed E-state index contributed by atoms with van der Waals surface area (Å²) in [6.07, 6.45) is 0. The Hall–Kier alpha value is -1.29. The monoisotopic (exact) mass is 144 g/mol. The zero-order valence-corrected chi connectivity index (χ0v) is 5.81. The summed E-state index contributed by atoms with van der Waals surface area (Å²) in [6, 6.07) is 0. The lowest BCUT2D eigenvalue weighted by atomic mass is 10.1. The quantitative estimate of drug-likeness (QED) is 0.196. The van der Waals surface area contributed by atoms with E-state index in [1.54, 1.807) is 0 Å². The van der Waals surface area contributed by atoms with Gasteiger partial charge in [-0.3, -0.25) is 10.1 Å². The molecule has 0 aromatic rings. The van der Waals surface area contributed by atoms with Gasteiger partial charge in [0.25, 0.3) is 0 Å². The van der Waals surface area contributed by atoms with Gasteiger partial charge in [-0.25, -0.2) is 0 Å². The zero-order chi connectivity index (χ0) is 8.20. The second-order valence-corrected chi connectivity index (χ2v) is 2.46. The van der Waals surface area contributed by atoms with Crippen molar-refractivity contribution in [1.82, 2.24) is 0 Å². The van der Waals surface area contributed by atoms with Gasteiger partial charge in [0.1, 0.15) is 0 Å². The minimum atomic E-state index is -1.15. The molecule has 0 spiro atoms. The van der Waals surface area contributed by atoms with Gasteiger partial charge in [-0.15, -0.1) is 0 Å². The van der Waals surface area contributed by atoms with Gasteiger partial charge in [0.05, 0.1) is 6.54 Å². The van der Waals surface area contributed by atoms with Crippen LogP contribution in [0.5, 0.6) is 0 Å². The molecule has 0 aliphatic rings. The molecule has 0 aliphatic heterocycles. The topological polar surface area (TPSA) is 91.9 Å². The molecule has 0 radical (unpaired) electrons. The molecule has 0 rings (SSSR count). The predicted octanol–water partition coefficient (Wildman–Crippen LogP) is 1.35. The van der Waals surface area contributed by atoms with Crippen LogP contribution in [0.3, 0.4) is 0 Å². The normalized spacial score (nSPS) is 10.2. The fourth-order valence-corrected chi connectivity index (χ4v) is 0.262. The van der Waals surface area contributed by atoms with E-state index in [9.17, 15) is 10.1 Å². The molecule has 0 saturated heterocycles. The van der Waals surface area contributed by atoms with Gasteiger partial charge in [0.15, 0.2) is 0 Å². The Morgan fingerprint density at radius 3 is 2.60 bits per heavy atom. The molecule has 56 valence electrons. The third-order valence-electron chi connectivity index (χ3n) is 1.02. The molecule has 0 fully saturated rings. The van der Waals surface area contributed by atoms with E-state index in [-0.39, 0.29) is 6.54 Å². The molecule has 6 heteroatoms. The third kappa shape index (κ3) is 2.32. The SMILES string of the molecule is CC(C)(CN=[N+]=[N-])[N+](=O)[O-]. The van der Waals surface area contributed by atoms with E-state index < -0.39 is 10.5 Å². The van der Waals surface area contributed by atoms with E-state index in [1.165, 1.54) is 13.8 Å². The van der Waals surface area contributed by atoms with Crippen LogP contribution in [0.1, 0.15) is 13.8 Å². The highest BCUT2D eigenvalue weighted by molar-refractivity contribution is 4.69. The van der Waals surface area contributed by atoms with E-state index in [0.717, 1.165) is 0 Å². The van der Waals surface area contributed by atoms with Gasteiger partial charge < -0.3 is 0 Å². The second kappa shape index (κ2) is 3.03. The molecule has 0 atom stereocenters. The number of azide groups is 1. The average molecular weight is 144 g/mol. The lowest BCUT2D eigenvalue weighted by Gasteiger charge is -2.10. The van der Waals surface area contributed by atoms with E-state index in [1.807, 2.05) is 0 Å². The fourth-order valence-electron chi connectivity index (χ4n) is 0.262. The van der Waals surface area contributed by atoms with Crippen LogP contribution in [0.15, 0.2) is 5.11 Å². The Kier molecular flexibility index (Phi) is 2.64. The lowest BCUT2D eigenvalue weighted by molar-refractivity contribution is -0.556. The second-order valence-electron chi connectivity index (χ2n) is 2.46. The highest BCUT2D eigenvalue weighted by Crippen LogP contribution is 2.06.